The number of carbonyl (C=O) groups excluding carboxylic acids is 2. The molecule has 0 unspecified atom stereocenters. The number of H-pyrrole nitrogens is 1. The minimum Gasteiger partial charge on any atom is -0.619 e. The molecule has 11 heteroatoms. The third kappa shape index (κ3) is 3.51. The lowest BCUT2D eigenvalue weighted by molar-refractivity contribution is -0.606. The lowest BCUT2D eigenvalue weighted by Crippen LogP contribution is -2.37. The van der Waals surface area contributed by atoms with Gasteiger partial charge in [0.25, 0.3) is 0 Å². The molecule has 1 aliphatic carbocycles. The summed E-state index contributed by atoms with van der Waals surface area (Å²) < 4.78 is 20.4. The Morgan fingerprint density at radius 3 is 2.79 bits per heavy atom. The number of carbonyl (C=O) groups is 2. The number of halogens is 1. The Morgan fingerprint density at radius 1 is 1.30 bits per heavy atom. The molecular weight excluding hydrogens is 435 g/mol. The molecular formula is C22H19FN4O6. The monoisotopic (exact) mass is 454 g/mol. The maximum atomic E-state index is 14.2. The molecule has 1 aliphatic heterocycles. The zero-order valence-electron chi connectivity index (χ0n) is 17.2. The van der Waals surface area contributed by atoms with Crippen molar-refractivity contribution in [1.82, 2.24) is 10.2 Å². The molecule has 0 atom stereocenters. The van der Waals surface area contributed by atoms with Crippen LogP contribution in [0.3, 0.4) is 0 Å². The summed E-state index contributed by atoms with van der Waals surface area (Å²) in [5.41, 5.74) is -0.0272. The molecule has 0 radical (unpaired) electrons. The van der Waals surface area contributed by atoms with E-state index >= 15 is 0 Å². The molecule has 10 nitrogen and oxygen atoms in total. The molecule has 1 saturated carbocycles. The van der Waals surface area contributed by atoms with E-state index < -0.39 is 28.9 Å². The molecule has 33 heavy (non-hydrogen) atoms. The minimum absolute atomic E-state index is 0.128. The molecule has 1 spiro atoms. The molecule has 5 rings (SSSR count). The normalized spacial score (nSPS) is 21.6. The Hall–Kier alpha value is -4.15. The summed E-state index contributed by atoms with van der Waals surface area (Å²) in [6, 6.07) is 4.67. The van der Waals surface area contributed by atoms with Crippen LogP contribution in [0.2, 0.25) is 0 Å². The van der Waals surface area contributed by atoms with Crippen molar-refractivity contribution in [3.63, 3.8) is 0 Å². The summed E-state index contributed by atoms with van der Waals surface area (Å²) in [4.78, 5) is 25.0. The van der Waals surface area contributed by atoms with Crippen LogP contribution in [-0.4, -0.2) is 32.3 Å². The van der Waals surface area contributed by atoms with Gasteiger partial charge in [-0.2, -0.15) is 9.83 Å². The van der Waals surface area contributed by atoms with Gasteiger partial charge in [0, 0.05) is 30.2 Å². The topological polar surface area (TPSA) is 151 Å². The summed E-state index contributed by atoms with van der Waals surface area (Å²) in [5.74, 6) is -2.74. The molecule has 2 aromatic heterocycles. The first-order valence-electron chi connectivity index (χ1n) is 10.3. The third-order valence-electron chi connectivity index (χ3n) is 6.25. The highest BCUT2D eigenvalue weighted by molar-refractivity contribution is 5.95. The van der Waals surface area contributed by atoms with Crippen LogP contribution in [0.1, 0.15) is 41.6 Å². The lowest BCUT2D eigenvalue weighted by Gasteiger charge is -2.35. The van der Waals surface area contributed by atoms with Crippen LogP contribution in [0.4, 0.5) is 10.2 Å². The zero-order chi connectivity index (χ0) is 23.3. The van der Waals surface area contributed by atoms with E-state index in [2.05, 4.69) is 15.5 Å². The second-order valence-corrected chi connectivity index (χ2v) is 8.27. The van der Waals surface area contributed by atoms with Crippen LogP contribution >= 0.6 is 0 Å². The molecule has 3 heterocycles. The van der Waals surface area contributed by atoms with E-state index in [1.807, 2.05) is 0 Å². The molecule has 3 aromatic rings. The number of phenolic OH excluding ortho intramolecular Hbond substituents is 2. The number of aromatic amines is 1. The number of fused-ring (bicyclic) bond motifs is 2. The van der Waals surface area contributed by atoms with E-state index in [-0.39, 0.29) is 28.9 Å². The largest absolute Gasteiger partial charge is 0.619 e. The number of aromatic hydroxyl groups is 2. The fourth-order valence-corrected chi connectivity index (χ4v) is 4.61. The number of aromatic nitrogens is 3. The van der Waals surface area contributed by atoms with Gasteiger partial charge in [-0.15, -0.1) is 0 Å². The number of nitrogens with one attached hydrogen (secondary N) is 2. The number of pyridine rings is 1. The van der Waals surface area contributed by atoms with Crippen LogP contribution in [0, 0.1) is 16.9 Å². The van der Waals surface area contributed by atoms with Crippen molar-refractivity contribution in [3.8, 4) is 22.8 Å². The van der Waals surface area contributed by atoms with Crippen LogP contribution in [0.5, 0.6) is 11.5 Å². The Bertz CT molecular complexity index is 1260. The smallest absolute Gasteiger partial charge is 0.339 e. The van der Waals surface area contributed by atoms with E-state index in [0.29, 0.717) is 41.5 Å². The van der Waals surface area contributed by atoms with Crippen molar-refractivity contribution in [2.24, 2.45) is 5.92 Å². The first-order valence-corrected chi connectivity index (χ1v) is 10.3. The standard InChI is InChI=1S/C22H19FN4O6/c23-15-7-12(28)8-17(29)19(15)16-9-18(26-25-16)24-20(30)11-1-4-22(5-2-11)14-10-27(32)6-3-13(14)21(31)33-22/h3,6-11,28-29H,1-2,4-5H2,(H2,24,25,26,30). The predicted molar refractivity (Wildman–Crippen MR) is 110 cm³/mol. The van der Waals surface area contributed by atoms with Gasteiger partial charge in [0.2, 0.25) is 5.91 Å². The van der Waals surface area contributed by atoms with Crippen molar-refractivity contribution in [3.05, 3.63) is 58.8 Å². The van der Waals surface area contributed by atoms with Crippen molar-refractivity contribution in [2.45, 2.75) is 31.3 Å². The summed E-state index contributed by atoms with van der Waals surface area (Å²) in [7, 11) is 0. The second-order valence-electron chi connectivity index (χ2n) is 8.27. The Balaban J connectivity index is 1.27. The van der Waals surface area contributed by atoms with Gasteiger partial charge in [0.15, 0.2) is 18.2 Å². The van der Waals surface area contributed by atoms with Crippen molar-refractivity contribution in [1.29, 1.82) is 0 Å². The Morgan fingerprint density at radius 2 is 2.06 bits per heavy atom. The number of phenols is 2. The number of benzene rings is 1. The van der Waals surface area contributed by atoms with Crippen molar-refractivity contribution in [2.75, 3.05) is 5.32 Å². The Kier molecular flexibility index (Phi) is 4.69. The van der Waals surface area contributed by atoms with Gasteiger partial charge >= 0.3 is 5.97 Å². The first kappa shape index (κ1) is 20.7. The second kappa shape index (κ2) is 7.47. The average molecular weight is 454 g/mol. The summed E-state index contributed by atoms with van der Waals surface area (Å²) in [6.07, 6.45) is 4.25. The number of hydrogen-bond acceptors (Lipinski definition) is 7. The molecule has 4 N–H and O–H groups in total. The number of esters is 1. The number of ether oxygens (including phenoxy) is 1. The molecule has 0 bridgehead atoms. The molecule has 170 valence electrons. The van der Waals surface area contributed by atoms with Gasteiger partial charge < -0.3 is 25.5 Å². The predicted octanol–water partition coefficient (Wildman–Crippen LogP) is 2.46. The molecule has 0 saturated heterocycles. The SMILES string of the molecule is O=C1OC2(CCC(C(=O)Nc3cc(-c4c(O)cc(O)cc4F)[nH]n3)CC2)c2c[n+]([O-])ccc21. The first-order chi connectivity index (χ1) is 15.8. The summed E-state index contributed by atoms with van der Waals surface area (Å²) in [5, 5.41) is 40.2. The number of anilines is 1. The van der Waals surface area contributed by atoms with Crippen LogP contribution in [0.25, 0.3) is 11.3 Å². The van der Waals surface area contributed by atoms with Crippen molar-refractivity contribution < 1.29 is 33.7 Å². The van der Waals surface area contributed by atoms with E-state index in [4.69, 9.17) is 4.74 Å². The highest BCUT2D eigenvalue weighted by atomic mass is 19.1. The van der Waals surface area contributed by atoms with Crippen LogP contribution in [0.15, 0.2) is 36.7 Å². The number of amides is 1. The van der Waals surface area contributed by atoms with Gasteiger partial charge in [-0.05, 0) is 25.7 Å². The fraction of sp³-hybridized carbons (Fsp3) is 0.273. The number of rotatable bonds is 3. The number of hydrogen-bond donors (Lipinski definition) is 4. The zero-order valence-corrected chi connectivity index (χ0v) is 17.2. The highest BCUT2D eigenvalue weighted by Gasteiger charge is 2.50. The highest BCUT2D eigenvalue weighted by Crippen LogP contribution is 2.47. The Labute approximate surface area is 186 Å². The quantitative estimate of drug-likeness (QED) is 0.269. The van der Waals surface area contributed by atoms with Gasteiger partial charge in [0.1, 0.15) is 22.9 Å². The van der Waals surface area contributed by atoms with Gasteiger partial charge in [-0.1, -0.05) is 0 Å². The van der Waals surface area contributed by atoms with Crippen LogP contribution < -0.4 is 10.0 Å². The minimum atomic E-state index is -0.899. The van der Waals surface area contributed by atoms with Crippen molar-refractivity contribution >= 4 is 17.7 Å². The average Bonchev–Trinajstić information content (AvgIpc) is 3.30. The van der Waals surface area contributed by atoms with Gasteiger partial charge in [-0.3, -0.25) is 9.89 Å². The molecule has 1 aromatic carbocycles. The maximum Gasteiger partial charge on any atom is 0.339 e. The summed E-state index contributed by atoms with van der Waals surface area (Å²) >= 11 is 0. The molecule has 2 aliphatic rings. The van der Waals surface area contributed by atoms with E-state index in [1.165, 1.54) is 24.5 Å². The maximum absolute atomic E-state index is 14.2. The third-order valence-corrected chi connectivity index (χ3v) is 6.25. The number of nitrogens with zero attached hydrogens (tertiary/aromatic N) is 2. The molecule has 1 fully saturated rings. The fourth-order valence-electron chi connectivity index (χ4n) is 4.61. The molecule has 1 amide bonds. The summed E-state index contributed by atoms with van der Waals surface area (Å²) in [6.45, 7) is 0. The van der Waals surface area contributed by atoms with E-state index in [0.717, 1.165) is 12.1 Å². The van der Waals surface area contributed by atoms with Gasteiger partial charge in [-0.25, -0.2) is 9.18 Å². The van der Waals surface area contributed by atoms with E-state index in [1.54, 1.807) is 0 Å². The van der Waals surface area contributed by atoms with E-state index in [9.17, 15) is 29.4 Å². The van der Waals surface area contributed by atoms with Gasteiger partial charge in [0.05, 0.1) is 22.4 Å². The van der Waals surface area contributed by atoms with Crippen LogP contribution in [-0.2, 0) is 15.1 Å². The lowest BCUT2D eigenvalue weighted by atomic mass is 9.75.